The van der Waals surface area contributed by atoms with Crippen molar-refractivity contribution in [3.8, 4) is 5.75 Å². The summed E-state index contributed by atoms with van der Waals surface area (Å²) in [6, 6.07) is 2.15. The minimum absolute atomic E-state index is 0.234. The largest absolute Gasteiger partial charge is 0.573 e. The normalized spacial score (nSPS) is 11.3. The van der Waals surface area contributed by atoms with E-state index in [1.54, 1.807) is 0 Å². The van der Waals surface area contributed by atoms with Gasteiger partial charge in [-0.2, -0.15) is 0 Å². The number of halogens is 3. The molecule has 0 fully saturated rings. The van der Waals surface area contributed by atoms with Crippen molar-refractivity contribution < 1.29 is 27.8 Å². The maximum atomic E-state index is 12.0. The number of alkyl halides is 3. The Labute approximate surface area is 89.5 Å². The monoisotopic (exact) mass is 234 g/mol. The zero-order valence-electron chi connectivity index (χ0n) is 8.55. The molecule has 0 aliphatic rings. The molecule has 0 saturated heterocycles. The first-order valence-corrected chi connectivity index (χ1v) is 4.31. The summed E-state index contributed by atoms with van der Waals surface area (Å²) < 4.78 is 39.8. The van der Waals surface area contributed by atoms with Crippen molar-refractivity contribution >= 4 is 5.97 Å². The topological polar surface area (TPSA) is 46.5 Å². The Morgan fingerprint density at radius 2 is 1.88 bits per heavy atom. The van der Waals surface area contributed by atoms with Gasteiger partial charge in [0.05, 0.1) is 5.56 Å². The van der Waals surface area contributed by atoms with E-state index in [-0.39, 0.29) is 11.1 Å². The van der Waals surface area contributed by atoms with Crippen molar-refractivity contribution in [2.24, 2.45) is 0 Å². The van der Waals surface area contributed by atoms with Gasteiger partial charge in [0.1, 0.15) is 5.75 Å². The average molecular weight is 234 g/mol. The van der Waals surface area contributed by atoms with Gasteiger partial charge in [0.2, 0.25) is 0 Å². The Kier molecular flexibility index (Phi) is 3.11. The van der Waals surface area contributed by atoms with Crippen LogP contribution in [0.5, 0.6) is 5.75 Å². The van der Waals surface area contributed by atoms with Crippen LogP contribution < -0.4 is 4.74 Å². The minimum atomic E-state index is -4.83. The van der Waals surface area contributed by atoms with Crippen LogP contribution in [-0.4, -0.2) is 17.4 Å². The second kappa shape index (κ2) is 4.03. The maximum Gasteiger partial charge on any atom is 0.573 e. The molecule has 88 valence electrons. The maximum absolute atomic E-state index is 12.0. The van der Waals surface area contributed by atoms with E-state index < -0.39 is 18.1 Å². The predicted molar refractivity (Wildman–Crippen MR) is 49.6 cm³/mol. The lowest BCUT2D eigenvalue weighted by Gasteiger charge is -2.13. The van der Waals surface area contributed by atoms with Crippen LogP contribution in [0.2, 0.25) is 0 Å². The molecule has 0 heterocycles. The van der Waals surface area contributed by atoms with E-state index in [9.17, 15) is 18.0 Å². The summed E-state index contributed by atoms with van der Waals surface area (Å²) in [5, 5.41) is 8.69. The van der Waals surface area contributed by atoms with Gasteiger partial charge in [-0.1, -0.05) is 0 Å². The molecular weight excluding hydrogens is 225 g/mol. The Morgan fingerprint density at radius 1 is 1.31 bits per heavy atom. The third kappa shape index (κ3) is 2.88. The molecule has 0 spiro atoms. The van der Waals surface area contributed by atoms with E-state index >= 15 is 0 Å². The number of hydrogen-bond acceptors (Lipinski definition) is 2. The minimum Gasteiger partial charge on any atom is -0.478 e. The zero-order chi connectivity index (χ0) is 12.5. The summed E-state index contributed by atoms with van der Waals surface area (Å²) in [6.45, 7) is 2.95. The summed E-state index contributed by atoms with van der Waals surface area (Å²) in [5.41, 5.74) is 0.462. The zero-order valence-corrected chi connectivity index (χ0v) is 8.55. The first kappa shape index (κ1) is 12.4. The molecule has 6 heteroatoms. The number of rotatable bonds is 2. The van der Waals surface area contributed by atoms with Gasteiger partial charge in [0.25, 0.3) is 0 Å². The van der Waals surface area contributed by atoms with Crippen LogP contribution >= 0.6 is 0 Å². The molecule has 1 N–H and O–H groups in total. The van der Waals surface area contributed by atoms with Crippen LogP contribution in [0, 0.1) is 13.8 Å². The second-order valence-electron chi connectivity index (χ2n) is 3.27. The standard InChI is InChI=1S/C10H9F3O3/c1-5-3-7(9(14)15)4-8(6(5)2)16-10(11,12)13/h3-4H,1-2H3,(H,14,15). The Balaban J connectivity index is 3.22. The lowest BCUT2D eigenvalue weighted by molar-refractivity contribution is -0.274. The lowest BCUT2D eigenvalue weighted by Crippen LogP contribution is -2.18. The molecule has 0 bridgehead atoms. The SMILES string of the molecule is Cc1cc(C(=O)O)cc(OC(F)(F)F)c1C. The molecule has 1 aromatic carbocycles. The molecule has 0 atom stereocenters. The molecular formula is C10H9F3O3. The van der Waals surface area contributed by atoms with Gasteiger partial charge in [-0.15, -0.1) is 13.2 Å². The van der Waals surface area contributed by atoms with Gasteiger partial charge < -0.3 is 9.84 Å². The molecule has 16 heavy (non-hydrogen) atoms. The van der Waals surface area contributed by atoms with Crippen LogP contribution in [0.1, 0.15) is 21.5 Å². The molecule has 0 unspecified atom stereocenters. The van der Waals surface area contributed by atoms with Crippen LogP contribution in [-0.2, 0) is 0 Å². The van der Waals surface area contributed by atoms with Gasteiger partial charge in [0, 0.05) is 0 Å². The number of ether oxygens (including phenoxy) is 1. The van der Waals surface area contributed by atoms with Gasteiger partial charge in [-0.05, 0) is 37.1 Å². The van der Waals surface area contributed by atoms with Crippen molar-refractivity contribution in [2.45, 2.75) is 20.2 Å². The third-order valence-corrected chi connectivity index (χ3v) is 2.09. The van der Waals surface area contributed by atoms with Gasteiger partial charge in [0.15, 0.2) is 0 Å². The summed E-state index contributed by atoms with van der Waals surface area (Å²) in [6.07, 6.45) is -4.83. The highest BCUT2D eigenvalue weighted by Gasteiger charge is 2.32. The number of carboxylic acid groups (broad SMARTS) is 1. The van der Waals surface area contributed by atoms with E-state index in [4.69, 9.17) is 5.11 Å². The fourth-order valence-corrected chi connectivity index (χ4v) is 1.18. The summed E-state index contributed by atoms with van der Waals surface area (Å²) >= 11 is 0. The molecule has 0 aliphatic heterocycles. The third-order valence-electron chi connectivity index (χ3n) is 2.09. The van der Waals surface area contributed by atoms with E-state index in [2.05, 4.69) is 4.74 Å². The van der Waals surface area contributed by atoms with Crippen molar-refractivity contribution in [3.05, 3.63) is 28.8 Å². The number of carboxylic acids is 1. The fourth-order valence-electron chi connectivity index (χ4n) is 1.18. The number of carbonyl (C=O) groups is 1. The van der Waals surface area contributed by atoms with Crippen LogP contribution in [0.4, 0.5) is 13.2 Å². The van der Waals surface area contributed by atoms with Crippen LogP contribution in [0.25, 0.3) is 0 Å². The van der Waals surface area contributed by atoms with E-state index in [1.807, 2.05) is 0 Å². The molecule has 0 saturated carbocycles. The lowest BCUT2D eigenvalue weighted by atomic mass is 10.1. The summed E-state index contributed by atoms with van der Waals surface area (Å²) in [4.78, 5) is 10.6. The highest BCUT2D eigenvalue weighted by Crippen LogP contribution is 2.29. The Bertz CT molecular complexity index is 424. The highest BCUT2D eigenvalue weighted by atomic mass is 19.4. The summed E-state index contributed by atoms with van der Waals surface area (Å²) in [5.74, 6) is -1.78. The Morgan fingerprint density at radius 3 is 2.31 bits per heavy atom. The smallest absolute Gasteiger partial charge is 0.478 e. The number of aryl methyl sites for hydroxylation is 1. The average Bonchev–Trinajstić information content (AvgIpc) is 2.10. The van der Waals surface area contributed by atoms with Gasteiger partial charge >= 0.3 is 12.3 Å². The molecule has 0 amide bonds. The van der Waals surface area contributed by atoms with E-state index in [0.29, 0.717) is 5.56 Å². The molecule has 1 aromatic rings. The van der Waals surface area contributed by atoms with E-state index in [0.717, 1.165) is 6.07 Å². The second-order valence-corrected chi connectivity index (χ2v) is 3.27. The van der Waals surface area contributed by atoms with Gasteiger partial charge in [-0.3, -0.25) is 0 Å². The quantitative estimate of drug-likeness (QED) is 0.855. The number of benzene rings is 1. The first-order valence-electron chi connectivity index (χ1n) is 4.31. The van der Waals surface area contributed by atoms with Crippen molar-refractivity contribution in [3.63, 3.8) is 0 Å². The Hall–Kier alpha value is -1.72. The molecule has 1 rings (SSSR count). The predicted octanol–water partition coefficient (Wildman–Crippen LogP) is 2.90. The first-order chi connectivity index (χ1) is 7.20. The van der Waals surface area contributed by atoms with Crippen molar-refractivity contribution in [2.75, 3.05) is 0 Å². The van der Waals surface area contributed by atoms with E-state index in [1.165, 1.54) is 19.9 Å². The molecule has 0 aromatic heterocycles. The molecule has 0 radical (unpaired) electrons. The van der Waals surface area contributed by atoms with Gasteiger partial charge in [-0.25, -0.2) is 4.79 Å². The summed E-state index contributed by atoms with van der Waals surface area (Å²) in [7, 11) is 0. The van der Waals surface area contributed by atoms with Crippen molar-refractivity contribution in [1.29, 1.82) is 0 Å². The number of aromatic carboxylic acids is 1. The van der Waals surface area contributed by atoms with Crippen molar-refractivity contribution in [1.82, 2.24) is 0 Å². The number of hydrogen-bond donors (Lipinski definition) is 1. The van der Waals surface area contributed by atoms with Crippen LogP contribution in [0.3, 0.4) is 0 Å². The van der Waals surface area contributed by atoms with Crippen LogP contribution in [0.15, 0.2) is 12.1 Å². The molecule has 0 aliphatic carbocycles. The fraction of sp³-hybridized carbons (Fsp3) is 0.300. The molecule has 3 nitrogen and oxygen atoms in total. The highest BCUT2D eigenvalue weighted by molar-refractivity contribution is 5.88.